The van der Waals surface area contributed by atoms with Crippen molar-refractivity contribution >= 4 is 17.4 Å². The maximum Gasteiger partial charge on any atom is 0.140 e. The fraction of sp³-hybridized carbons (Fsp3) is 0.476. The van der Waals surface area contributed by atoms with Crippen LogP contribution < -0.4 is 4.90 Å². The summed E-state index contributed by atoms with van der Waals surface area (Å²) < 4.78 is 3.96. The summed E-state index contributed by atoms with van der Waals surface area (Å²) in [5.74, 6) is 3.29. The molecule has 0 aromatic carbocycles. The first-order valence-electron chi connectivity index (χ1n) is 9.92. The van der Waals surface area contributed by atoms with E-state index in [1.54, 1.807) is 6.20 Å². The van der Waals surface area contributed by atoms with Gasteiger partial charge in [-0.05, 0) is 44.7 Å². The van der Waals surface area contributed by atoms with E-state index in [1.807, 2.05) is 28.4 Å². The Balaban J connectivity index is 1.69. The quantitative estimate of drug-likeness (QED) is 0.623. The van der Waals surface area contributed by atoms with Crippen LogP contribution in [0.5, 0.6) is 0 Å². The van der Waals surface area contributed by atoms with Gasteiger partial charge in [-0.25, -0.2) is 9.97 Å². The molecule has 4 rings (SSSR count). The minimum Gasteiger partial charge on any atom is -0.349 e. The van der Waals surface area contributed by atoms with Gasteiger partial charge in [0.05, 0.1) is 11.7 Å². The third-order valence-corrected chi connectivity index (χ3v) is 5.72. The maximum absolute atomic E-state index is 6.78. The van der Waals surface area contributed by atoms with E-state index in [9.17, 15) is 0 Å². The zero-order valence-electron chi connectivity index (χ0n) is 16.9. The topological polar surface area (TPSA) is 51.8 Å². The number of aryl methyl sites for hydroxylation is 2. The van der Waals surface area contributed by atoms with Gasteiger partial charge in [0.2, 0.25) is 0 Å². The summed E-state index contributed by atoms with van der Waals surface area (Å²) in [6.07, 6.45) is 5.92. The Kier molecular flexibility index (Phi) is 5.15. The molecule has 0 saturated carbocycles. The monoisotopic (exact) mass is 398 g/mol. The van der Waals surface area contributed by atoms with Gasteiger partial charge >= 0.3 is 0 Å². The molecule has 3 aromatic rings. The average molecular weight is 399 g/mol. The van der Waals surface area contributed by atoms with Crippen molar-refractivity contribution in [3.05, 3.63) is 52.8 Å². The molecule has 0 amide bonds. The van der Waals surface area contributed by atoms with E-state index in [-0.39, 0.29) is 6.04 Å². The molecule has 0 bridgehead atoms. The SMILES string of the molecule is Cc1nn(CC(C)C)c(Cl)c1C1CCCN1c1cccc(-n2ccnc2C)n1. The van der Waals surface area contributed by atoms with Crippen LogP contribution in [0.1, 0.15) is 49.8 Å². The Morgan fingerprint density at radius 3 is 2.71 bits per heavy atom. The Labute approximate surface area is 171 Å². The molecule has 3 aromatic heterocycles. The van der Waals surface area contributed by atoms with E-state index >= 15 is 0 Å². The van der Waals surface area contributed by atoms with E-state index in [2.05, 4.69) is 42.8 Å². The Bertz CT molecular complexity index is 973. The van der Waals surface area contributed by atoms with Gasteiger partial charge in [0.1, 0.15) is 22.6 Å². The molecule has 1 unspecified atom stereocenters. The lowest BCUT2D eigenvalue weighted by Crippen LogP contribution is -2.24. The predicted octanol–water partition coefficient (Wildman–Crippen LogP) is 4.73. The molecule has 0 radical (unpaired) electrons. The lowest BCUT2D eigenvalue weighted by atomic mass is 10.1. The largest absolute Gasteiger partial charge is 0.349 e. The van der Waals surface area contributed by atoms with Crippen LogP contribution in [-0.4, -0.2) is 30.9 Å². The number of hydrogen-bond donors (Lipinski definition) is 0. The number of pyridine rings is 1. The van der Waals surface area contributed by atoms with Gasteiger partial charge in [-0.2, -0.15) is 5.10 Å². The second-order valence-electron chi connectivity index (χ2n) is 7.92. The van der Waals surface area contributed by atoms with Crippen molar-refractivity contribution < 1.29 is 0 Å². The lowest BCUT2D eigenvalue weighted by molar-refractivity contribution is 0.481. The third-order valence-electron chi connectivity index (χ3n) is 5.32. The van der Waals surface area contributed by atoms with Gasteiger partial charge < -0.3 is 4.90 Å². The van der Waals surface area contributed by atoms with E-state index in [1.165, 1.54) is 0 Å². The summed E-state index contributed by atoms with van der Waals surface area (Å²) in [6.45, 7) is 10.2. The molecule has 1 fully saturated rings. The molecule has 148 valence electrons. The number of hydrogen-bond acceptors (Lipinski definition) is 4. The van der Waals surface area contributed by atoms with E-state index in [4.69, 9.17) is 21.7 Å². The number of nitrogens with zero attached hydrogens (tertiary/aromatic N) is 6. The fourth-order valence-electron chi connectivity index (χ4n) is 4.08. The number of anilines is 1. The van der Waals surface area contributed by atoms with E-state index in [0.29, 0.717) is 5.92 Å². The molecule has 1 aliphatic heterocycles. The van der Waals surface area contributed by atoms with Crippen molar-refractivity contribution in [2.24, 2.45) is 5.92 Å². The molecule has 0 aliphatic carbocycles. The van der Waals surface area contributed by atoms with Crippen LogP contribution in [0.15, 0.2) is 30.6 Å². The van der Waals surface area contributed by atoms with E-state index < -0.39 is 0 Å². The maximum atomic E-state index is 6.78. The van der Waals surface area contributed by atoms with Crippen LogP contribution in [0.2, 0.25) is 5.15 Å². The molecule has 4 heterocycles. The van der Waals surface area contributed by atoms with Crippen LogP contribution >= 0.6 is 11.6 Å². The van der Waals surface area contributed by atoms with Crippen LogP contribution in [0.4, 0.5) is 5.82 Å². The molecular formula is C21H27ClN6. The molecular weight excluding hydrogens is 372 g/mol. The second-order valence-corrected chi connectivity index (χ2v) is 8.27. The van der Waals surface area contributed by atoms with Gasteiger partial charge in [0.15, 0.2) is 0 Å². The first-order chi connectivity index (χ1) is 13.5. The summed E-state index contributed by atoms with van der Waals surface area (Å²) in [5, 5.41) is 5.49. The number of halogens is 1. The average Bonchev–Trinajstić information content (AvgIpc) is 3.35. The zero-order chi connectivity index (χ0) is 19.8. The normalized spacial score (nSPS) is 17.1. The Morgan fingerprint density at radius 1 is 1.21 bits per heavy atom. The van der Waals surface area contributed by atoms with Crippen LogP contribution in [0.25, 0.3) is 5.82 Å². The highest BCUT2D eigenvalue weighted by Gasteiger charge is 2.32. The molecule has 7 heteroatoms. The van der Waals surface area contributed by atoms with Crippen LogP contribution in [0.3, 0.4) is 0 Å². The molecule has 0 N–H and O–H groups in total. The van der Waals surface area contributed by atoms with Crippen LogP contribution in [0, 0.1) is 19.8 Å². The van der Waals surface area contributed by atoms with Crippen molar-refractivity contribution in [2.75, 3.05) is 11.4 Å². The van der Waals surface area contributed by atoms with Crippen molar-refractivity contribution in [3.8, 4) is 5.82 Å². The third kappa shape index (κ3) is 3.41. The molecule has 1 atom stereocenters. The van der Waals surface area contributed by atoms with Gasteiger partial charge in [0.25, 0.3) is 0 Å². The predicted molar refractivity (Wildman–Crippen MR) is 112 cm³/mol. The minimum absolute atomic E-state index is 0.208. The summed E-state index contributed by atoms with van der Waals surface area (Å²) in [6, 6.07) is 6.36. The molecule has 1 saturated heterocycles. The smallest absolute Gasteiger partial charge is 0.140 e. The summed E-state index contributed by atoms with van der Waals surface area (Å²) >= 11 is 6.78. The lowest BCUT2D eigenvalue weighted by Gasteiger charge is -2.26. The number of rotatable bonds is 5. The van der Waals surface area contributed by atoms with Gasteiger partial charge in [0, 0.05) is 31.0 Å². The molecule has 0 spiro atoms. The molecule has 1 aliphatic rings. The minimum atomic E-state index is 0.208. The van der Waals surface area contributed by atoms with Gasteiger partial charge in [-0.15, -0.1) is 0 Å². The van der Waals surface area contributed by atoms with Gasteiger partial charge in [-0.3, -0.25) is 9.25 Å². The Hall–Kier alpha value is -2.34. The first kappa shape index (κ1) is 19.0. The van der Waals surface area contributed by atoms with Crippen molar-refractivity contribution in [2.45, 2.75) is 53.1 Å². The summed E-state index contributed by atoms with van der Waals surface area (Å²) in [4.78, 5) is 11.6. The number of aromatic nitrogens is 5. The summed E-state index contributed by atoms with van der Waals surface area (Å²) in [7, 11) is 0. The molecule has 28 heavy (non-hydrogen) atoms. The first-order valence-corrected chi connectivity index (χ1v) is 10.3. The highest BCUT2D eigenvalue weighted by Crippen LogP contribution is 2.40. The van der Waals surface area contributed by atoms with E-state index in [0.717, 1.165) is 59.8 Å². The fourth-order valence-corrected chi connectivity index (χ4v) is 4.45. The molecule has 6 nitrogen and oxygen atoms in total. The van der Waals surface area contributed by atoms with Crippen LogP contribution in [-0.2, 0) is 6.54 Å². The van der Waals surface area contributed by atoms with Gasteiger partial charge in [-0.1, -0.05) is 31.5 Å². The summed E-state index contributed by atoms with van der Waals surface area (Å²) in [5.41, 5.74) is 2.16. The highest BCUT2D eigenvalue weighted by molar-refractivity contribution is 6.30. The standard InChI is InChI=1S/C21H27ClN6/c1-14(2)13-28-21(22)20(15(3)25-28)17-7-6-11-27(17)19-9-5-8-18(24-19)26-12-10-23-16(26)4/h5,8-10,12,14,17H,6-7,11,13H2,1-4H3. The van der Waals surface area contributed by atoms with Crippen molar-refractivity contribution in [1.82, 2.24) is 24.3 Å². The Morgan fingerprint density at radius 2 is 2.00 bits per heavy atom. The number of imidazole rings is 1. The van der Waals surface area contributed by atoms with Crippen molar-refractivity contribution in [3.63, 3.8) is 0 Å². The second kappa shape index (κ2) is 7.59. The van der Waals surface area contributed by atoms with Crippen molar-refractivity contribution in [1.29, 1.82) is 0 Å². The zero-order valence-corrected chi connectivity index (χ0v) is 17.7. The highest BCUT2D eigenvalue weighted by atomic mass is 35.5.